The van der Waals surface area contributed by atoms with Crippen molar-refractivity contribution in [1.29, 1.82) is 0 Å². The largest absolute Gasteiger partial charge is 0.365 e. The monoisotopic (exact) mass is 364 g/mol. The molecule has 0 aliphatic heterocycles. The van der Waals surface area contributed by atoms with E-state index in [0.717, 1.165) is 27.6 Å². The molecule has 1 N–H and O–H groups in total. The molecular formula is C20H17ClN4O. The molecule has 0 spiro atoms. The zero-order valence-corrected chi connectivity index (χ0v) is 15.2. The second-order valence-corrected chi connectivity index (χ2v) is 6.52. The van der Waals surface area contributed by atoms with Crippen LogP contribution in [-0.4, -0.2) is 15.1 Å². The summed E-state index contributed by atoms with van der Waals surface area (Å²) in [5.74, 6) is 1.73. The molecule has 0 fully saturated rings. The average Bonchev–Trinajstić information content (AvgIpc) is 3.07. The standard InChI is InChI=1S/C20H17ClN4O/c1-12-6-5-8-14-10-16(20-23-13(2)26-25-20)19(24-18(12)14)22-11-15-7-3-4-9-17(15)21/h3-10H,11H2,1-2H3,(H,22,24). The highest BCUT2D eigenvalue weighted by molar-refractivity contribution is 6.31. The molecule has 0 radical (unpaired) electrons. The molecule has 130 valence electrons. The number of nitrogens with one attached hydrogen (secondary N) is 1. The van der Waals surface area contributed by atoms with Gasteiger partial charge < -0.3 is 9.84 Å². The van der Waals surface area contributed by atoms with Crippen LogP contribution in [0.1, 0.15) is 17.0 Å². The zero-order valence-electron chi connectivity index (χ0n) is 14.5. The van der Waals surface area contributed by atoms with E-state index in [4.69, 9.17) is 21.1 Å². The van der Waals surface area contributed by atoms with E-state index in [1.807, 2.05) is 55.5 Å². The van der Waals surface area contributed by atoms with Crippen LogP contribution in [0.25, 0.3) is 22.3 Å². The average molecular weight is 365 g/mol. The quantitative estimate of drug-likeness (QED) is 0.541. The number of benzene rings is 2. The van der Waals surface area contributed by atoms with Gasteiger partial charge in [0, 0.05) is 23.9 Å². The molecule has 0 atom stereocenters. The van der Waals surface area contributed by atoms with Gasteiger partial charge in [-0.25, -0.2) is 4.98 Å². The molecular weight excluding hydrogens is 348 g/mol. The third-order valence-corrected chi connectivity index (χ3v) is 4.59. The van der Waals surface area contributed by atoms with Crippen LogP contribution in [-0.2, 0) is 6.54 Å². The molecule has 0 saturated heterocycles. The van der Waals surface area contributed by atoms with Crippen LogP contribution in [0.2, 0.25) is 5.02 Å². The van der Waals surface area contributed by atoms with Crippen molar-refractivity contribution >= 4 is 28.3 Å². The Bertz CT molecular complexity index is 1090. The Hall–Kier alpha value is -2.92. The van der Waals surface area contributed by atoms with Crippen molar-refractivity contribution in [3.8, 4) is 11.4 Å². The first-order valence-corrected chi connectivity index (χ1v) is 8.68. The van der Waals surface area contributed by atoms with Crippen LogP contribution in [0.5, 0.6) is 0 Å². The van der Waals surface area contributed by atoms with E-state index in [0.29, 0.717) is 29.1 Å². The van der Waals surface area contributed by atoms with Gasteiger partial charge in [-0.1, -0.05) is 53.2 Å². The van der Waals surface area contributed by atoms with Gasteiger partial charge in [0.2, 0.25) is 11.7 Å². The first-order chi connectivity index (χ1) is 12.6. The summed E-state index contributed by atoms with van der Waals surface area (Å²) < 4.78 is 5.15. The van der Waals surface area contributed by atoms with Crippen LogP contribution in [0.3, 0.4) is 0 Å². The third-order valence-electron chi connectivity index (χ3n) is 4.22. The fourth-order valence-corrected chi connectivity index (χ4v) is 3.08. The molecule has 5 nitrogen and oxygen atoms in total. The molecule has 0 saturated carbocycles. The van der Waals surface area contributed by atoms with Gasteiger partial charge in [0.1, 0.15) is 5.82 Å². The van der Waals surface area contributed by atoms with Gasteiger partial charge in [0.25, 0.3) is 0 Å². The van der Waals surface area contributed by atoms with E-state index in [9.17, 15) is 0 Å². The number of hydrogen-bond acceptors (Lipinski definition) is 5. The first-order valence-electron chi connectivity index (χ1n) is 8.30. The van der Waals surface area contributed by atoms with E-state index in [1.165, 1.54) is 0 Å². The topological polar surface area (TPSA) is 63.8 Å². The fourth-order valence-electron chi connectivity index (χ4n) is 2.88. The van der Waals surface area contributed by atoms with Gasteiger partial charge >= 0.3 is 0 Å². The maximum Gasteiger partial charge on any atom is 0.223 e. The van der Waals surface area contributed by atoms with Crippen LogP contribution < -0.4 is 5.32 Å². The molecule has 0 aliphatic carbocycles. The summed E-state index contributed by atoms with van der Waals surface area (Å²) >= 11 is 6.27. The Labute approximate surface area is 156 Å². The van der Waals surface area contributed by atoms with Crippen molar-refractivity contribution in [2.24, 2.45) is 0 Å². The fraction of sp³-hybridized carbons (Fsp3) is 0.150. The van der Waals surface area contributed by atoms with Crippen LogP contribution >= 0.6 is 11.6 Å². The molecule has 0 unspecified atom stereocenters. The van der Waals surface area contributed by atoms with Gasteiger partial charge in [0.05, 0.1) is 11.1 Å². The number of pyridine rings is 1. The SMILES string of the molecule is Cc1nc(-c2cc3cccc(C)c3nc2NCc2ccccc2Cl)no1. The smallest absolute Gasteiger partial charge is 0.223 e. The van der Waals surface area contributed by atoms with Gasteiger partial charge in [0.15, 0.2) is 0 Å². The van der Waals surface area contributed by atoms with E-state index in [1.54, 1.807) is 6.92 Å². The number of aryl methyl sites for hydroxylation is 2. The number of fused-ring (bicyclic) bond motifs is 1. The first kappa shape index (κ1) is 16.5. The van der Waals surface area contributed by atoms with E-state index >= 15 is 0 Å². The minimum atomic E-state index is 0.514. The van der Waals surface area contributed by atoms with E-state index < -0.39 is 0 Å². The maximum absolute atomic E-state index is 6.27. The lowest BCUT2D eigenvalue weighted by Gasteiger charge is -2.12. The molecule has 0 bridgehead atoms. The summed E-state index contributed by atoms with van der Waals surface area (Å²) in [6, 6.07) is 15.9. The van der Waals surface area contributed by atoms with Gasteiger partial charge in [-0.3, -0.25) is 0 Å². The number of rotatable bonds is 4. The third kappa shape index (κ3) is 3.13. The van der Waals surface area contributed by atoms with Crippen molar-refractivity contribution in [3.63, 3.8) is 0 Å². The molecule has 4 aromatic rings. The predicted octanol–water partition coefficient (Wildman–Crippen LogP) is 5.17. The highest BCUT2D eigenvalue weighted by Gasteiger charge is 2.15. The Morgan fingerprint density at radius 3 is 2.65 bits per heavy atom. The molecule has 0 amide bonds. The highest BCUT2D eigenvalue weighted by atomic mass is 35.5. The van der Waals surface area contributed by atoms with Crippen LogP contribution in [0, 0.1) is 13.8 Å². The lowest BCUT2D eigenvalue weighted by atomic mass is 10.1. The Balaban J connectivity index is 1.80. The van der Waals surface area contributed by atoms with Crippen LogP contribution in [0.15, 0.2) is 53.1 Å². The van der Waals surface area contributed by atoms with Crippen molar-refractivity contribution in [1.82, 2.24) is 15.1 Å². The Morgan fingerprint density at radius 1 is 1.04 bits per heavy atom. The molecule has 4 rings (SSSR count). The van der Waals surface area contributed by atoms with Crippen molar-refractivity contribution in [2.45, 2.75) is 20.4 Å². The highest BCUT2D eigenvalue weighted by Crippen LogP contribution is 2.30. The summed E-state index contributed by atoms with van der Waals surface area (Å²) in [4.78, 5) is 9.19. The summed E-state index contributed by atoms with van der Waals surface area (Å²) in [5.41, 5.74) is 3.85. The summed E-state index contributed by atoms with van der Waals surface area (Å²) in [5, 5.41) is 9.19. The molecule has 2 aromatic heterocycles. The molecule has 26 heavy (non-hydrogen) atoms. The second kappa shape index (κ2) is 6.77. The van der Waals surface area contributed by atoms with Gasteiger partial charge in [-0.2, -0.15) is 4.98 Å². The number of nitrogens with zero attached hydrogens (tertiary/aromatic N) is 3. The lowest BCUT2D eigenvalue weighted by molar-refractivity contribution is 0.394. The number of aromatic nitrogens is 3. The molecule has 6 heteroatoms. The normalized spacial score (nSPS) is 11.0. The summed E-state index contributed by atoms with van der Waals surface area (Å²) in [7, 11) is 0. The number of anilines is 1. The predicted molar refractivity (Wildman–Crippen MR) is 103 cm³/mol. The second-order valence-electron chi connectivity index (χ2n) is 6.11. The van der Waals surface area contributed by atoms with Crippen molar-refractivity contribution < 1.29 is 4.52 Å². The van der Waals surface area contributed by atoms with E-state index in [2.05, 4.69) is 15.5 Å². The maximum atomic E-state index is 6.27. The van der Waals surface area contributed by atoms with Crippen molar-refractivity contribution in [2.75, 3.05) is 5.32 Å². The van der Waals surface area contributed by atoms with Crippen molar-refractivity contribution in [3.05, 3.63) is 70.6 Å². The van der Waals surface area contributed by atoms with Crippen LogP contribution in [0.4, 0.5) is 5.82 Å². The Kier molecular flexibility index (Phi) is 4.31. The van der Waals surface area contributed by atoms with Gasteiger partial charge in [-0.15, -0.1) is 0 Å². The minimum absolute atomic E-state index is 0.514. The summed E-state index contributed by atoms with van der Waals surface area (Å²) in [6.07, 6.45) is 0. The number of para-hydroxylation sites is 1. The molecule has 2 aromatic carbocycles. The minimum Gasteiger partial charge on any atom is -0.365 e. The van der Waals surface area contributed by atoms with Gasteiger partial charge in [-0.05, 0) is 30.2 Å². The Morgan fingerprint density at radius 2 is 1.88 bits per heavy atom. The molecule has 2 heterocycles. The van der Waals surface area contributed by atoms with E-state index in [-0.39, 0.29) is 0 Å². The number of hydrogen-bond donors (Lipinski definition) is 1. The zero-order chi connectivity index (χ0) is 18.1. The summed E-state index contributed by atoms with van der Waals surface area (Å²) in [6.45, 7) is 4.37. The number of halogens is 1. The molecule has 0 aliphatic rings. The lowest BCUT2D eigenvalue weighted by Crippen LogP contribution is -2.05.